The molecule has 11 heteroatoms. The lowest BCUT2D eigenvalue weighted by Gasteiger charge is -2.09. The highest BCUT2D eigenvalue weighted by molar-refractivity contribution is 9.10. The van der Waals surface area contributed by atoms with Gasteiger partial charge in [-0.1, -0.05) is 51.4 Å². The van der Waals surface area contributed by atoms with E-state index in [0.29, 0.717) is 33.8 Å². The first kappa shape index (κ1) is 21.3. The average Bonchev–Trinajstić information content (AvgIpc) is 3.11. The molecule has 0 bridgehead atoms. The second kappa shape index (κ2) is 9.38. The van der Waals surface area contributed by atoms with Crippen LogP contribution in [-0.4, -0.2) is 31.3 Å². The summed E-state index contributed by atoms with van der Waals surface area (Å²) in [7, 11) is 0. The van der Waals surface area contributed by atoms with E-state index < -0.39 is 4.92 Å². The maximum absolute atomic E-state index is 12.3. The predicted octanol–water partition coefficient (Wildman–Crippen LogP) is 5.02. The van der Waals surface area contributed by atoms with Crippen molar-refractivity contribution in [2.45, 2.75) is 18.6 Å². The summed E-state index contributed by atoms with van der Waals surface area (Å²) in [6, 6.07) is 11.4. The van der Waals surface area contributed by atoms with Gasteiger partial charge >= 0.3 is 0 Å². The zero-order valence-electron chi connectivity index (χ0n) is 15.1. The highest BCUT2D eigenvalue weighted by Crippen LogP contribution is 2.28. The summed E-state index contributed by atoms with van der Waals surface area (Å²) in [6.45, 7) is 2.46. The second-order valence-corrected chi connectivity index (χ2v) is 8.08. The van der Waals surface area contributed by atoms with Gasteiger partial charge in [0.05, 0.1) is 21.4 Å². The molecule has 3 aromatic rings. The van der Waals surface area contributed by atoms with Crippen molar-refractivity contribution in [3.8, 4) is 11.4 Å². The number of nitro groups is 1. The van der Waals surface area contributed by atoms with E-state index >= 15 is 0 Å². The fourth-order valence-electron chi connectivity index (χ4n) is 2.56. The molecule has 0 spiro atoms. The molecule has 0 fully saturated rings. The number of hydrogen-bond donors (Lipinski definition) is 1. The Balaban J connectivity index is 1.73. The lowest BCUT2D eigenvalue weighted by atomic mass is 10.2. The first-order valence-corrected chi connectivity index (χ1v) is 10.6. The number of carbonyl (C=O) groups excluding carboxylic acids is 1. The Labute approximate surface area is 183 Å². The van der Waals surface area contributed by atoms with Gasteiger partial charge in [0.2, 0.25) is 5.91 Å². The molecular weight excluding hydrogens is 482 g/mol. The minimum absolute atomic E-state index is 0.0203. The van der Waals surface area contributed by atoms with Crippen molar-refractivity contribution in [3.05, 3.63) is 62.1 Å². The van der Waals surface area contributed by atoms with E-state index in [1.54, 1.807) is 30.3 Å². The standard InChI is InChI=1S/C18H15BrClN5O3S/c1-2-24-17(11-4-3-5-13(8-11)25(27)28)22-23-18(24)29-10-16(26)21-15-7-6-12(19)9-14(15)20/h3-9H,2,10H2,1H3,(H,21,26). The van der Waals surface area contributed by atoms with Gasteiger partial charge in [0.15, 0.2) is 11.0 Å². The van der Waals surface area contributed by atoms with Gasteiger partial charge in [-0.25, -0.2) is 0 Å². The SMILES string of the molecule is CCn1c(SCC(=O)Nc2ccc(Br)cc2Cl)nnc1-c1cccc([N+](=O)[O-])c1. The first-order chi connectivity index (χ1) is 13.9. The van der Waals surface area contributed by atoms with Gasteiger partial charge in [-0.2, -0.15) is 0 Å². The third-order valence-corrected chi connectivity index (χ3v) is 5.66. The van der Waals surface area contributed by atoms with E-state index in [2.05, 4.69) is 31.4 Å². The van der Waals surface area contributed by atoms with Gasteiger partial charge < -0.3 is 9.88 Å². The van der Waals surface area contributed by atoms with Crippen LogP contribution in [0.4, 0.5) is 11.4 Å². The number of aromatic nitrogens is 3. The van der Waals surface area contributed by atoms with E-state index in [0.717, 1.165) is 4.47 Å². The summed E-state index contributed by atoms with van der Waals surface area (Å²) in [5.74, 6) is 0.385. The molecule has 0 saturated carbocycles. The topological polar surface area (TPSA) is 103 Å². The van der Waals surface area contributed by atoms with Gasteiger partial charge in [-0.05, 0) is 25.1 Å². The molecule has 29 heavy (non-hydrogen) atoms. The zero-order valence-corrected chi connectivity index (χ0v) is 18.3. The molecule has 0 unspecified atom stereocenters. The van der Waals surface area contributed by atoms with Crippen LogP contribution in [0.5, 0.6) is 0 Å². The zero-order chi connectivity index (χ0) is 21.0. The third kappa shape index (κ3) is 5.14. The number of nitrogens with zero attached hydrogens (tertiary/aromatic N) is 4. The molecule has 3 rings (SSSR count). The van der Waals surface area contributed by atoms with Crippen LogP contribution >= 0.6 is 39.3 Å². The summed E-state index contributed by atoms with van der Waals surface area (Å²) in [5.41, 5.74) is 1.09. The second-order valence-electron chi connectivity index (χ2n) is 5.82. The number of amides is 1. The monoisotopic (exact) mass is 495 g/mol. The fourth-order valence-corrected chi connectivity index (χ4v) is 4.08. The van der Waals surface area contributed by atoms with Gasteiger partial charge in [0, 0.05) is 28.7 Å². The Morgan fingerprint density at radius 3 is 2.79 bits per heavy atom. The fraction of sp³-hybridized carbons (Fsp3) is 0.167. The summed E-state index contributed by atoms with van der Waals surface area (Å²) >= 11 is 10.7. The highest BCUT2D eigenvalue weighted by Gasteiger charge is 2.17. The summed E-state index contributed by atoms with van der Waals surface area (Å²) in [4.78, 5) is 22.8. The maximum Gasteiger partial charge on any atom is 0.270 e. The van der Waals surface area contributed by atoms with Crippen molar-refractivity contribution in [2.24, 2.45) is 0 Å². The molecule has 150 valence electrons. The van der Waals surface area contributed by atoms with Crippen molar-refractivity contribution in [3.63, 3.8) is 0 Å². The summed E-state index contributed by atoms with van der Waals surface area (Å²) < 4.78 is 2.63. The lowest BCUT2D eigenvalue weighted by molar-refractivity contribution is -0.384. The Morgan fingerprint density at radius 2 is 2.10 bits per heavy atom. The Bertz CT molecular complexity index is 1080. The molecule has 2 aromatic carbocycles. The van der Waals surface area contributed by atoms with Crippen LogP contribution in [0.1, 0.15) is 6.92 Å². The molecule has 1 N–H and O–H groups in total. The quantitative estimate of drug-likeness (QED) is 0.280. The molecular formula is C18H15BrClN5O3S. The maximum atomic E-state index is 12.3. The molecule has 1 heterocycles. The minimum Gasteiger partial charge on any atom is -0.324 e. The minimum atomic E-state index is -0.455. The number of non-ortho nitro benzene ring substituents is 1. The average molecular weight is 497 g/mol. The lowest BCUT2D eigenvalue weighted by Crippen LogP contribution is -2.15. The number of anilines is 1. The van der Waals surface area contributed by atoms with Crippen LogP contribution in [0.3, 0.4) is 0 Å². The molecule has 8 nitrogen and oxygen atoms in total. The smallest absolute Gasteiger partial charge is 0.270 e. The number of nitro benzene ring substituents is 1. The Hall–Kier alpha value is -2.43. The number of rotatable bonds is 7. The molecule has 0 saturated heterocycles. The summed E-state index contributed by atoms with van der Waals surface area (Å²) in [6.07, 6.45) is 0. The number of thioether (sulfide) groups is 1. The third-order valence-electron chi connectivity index (χ3n) is 3.89. The Kier molecular flexibility index (Phi) is 6.88. The van der Waals surface area contributed by atoms with Gasteiger partial charge in [0.25, 0.3) is 5.69 Å². The van der Waals surface area contributed by atoms with E-state index in [9.17, 15) is 14.9 Å². The molecule has 0 atom stereocenters. The Morgan fingerprint density at radius 1 is 1.31 bits per heavy atom. The van der Waals surface area contributed by atoms with E-state index in [1.165, 1.54) is 23.9 Å². The molecule has 0 aliphatic rings. The number of benzene rings is 2. The van der Waals surface area contributed by atoms with Crippen LogP contribution in [-0.2, 0) is 11.3 Å². The van der Waals surface area contributed by atoms with E-state index in [1.807, 2.05) is 11.5 Å². The highest BCUT2D eigenvalue weighted by atomic mass is 79.9. The number of carbonyl (C=O) groups is 1. The largest absolute Gasteiger partial charge is 0.324 e. The molecule has 1 amide bonds. The molecule has 0 aliphatic heterocycles. The van der Waals surface area contributed by atoms with Crippen molar-refractivity contribution in [2.75, 3.05) is 11.1 Å². The number of hydrogen-bond acceptors (Lipinski definition) is 6. The number of nitrogens with one attached hydrogen (secondary N) is 1. The van der Waals surface area contributed by atoms with Gasteiger partial charge in [-0.3, -0.25) is 14.9 Å². The molecule has 0 radical (unpaired) electrons. The van der Waals surface area contributed by atoms with Crippen LogP contribution in [0, 0.1) is 10.1 Å². The molecule has 1 aromatic heterocycles. The van der Waals surface area contributed by atoms with Crippen molar-refractivity contribution in [1.29, 1.82) is 0 Å². The van der Waals surface area contributed by atoms with Crippen LogP contribution < -0.4 is 5.32 Å². The van der Waals surface area contributed by atoms with Crippen molar-refractivity contribution < 1.29 is 9.72 Å². The van der Waals surface area contributed by atoms with Crippen molar-refractivity contribution in [1.82, 2.24) is 14.8 Å². The van der Waals surface area contributed by atoms with Gasteiger partial charge in [0.1, 0.15) is 0 Å². The van der Waals surface area contributed by atoms with Crippen molar-refractivity contribution >= 4 is 56.6 Å². The first-order valence-electron chi connectivity index (χ1n) is 8.44. The molecule has 0 aliphatic carbocycles. The van der Waals surface area contributed by atoms with Crippen LogP contribution in [0.15, 0.2) is 52.1 Å². The predicted molar refractivity (Wildman–Crippen MR) is 116 cm³/mol. The van der Waals surface area contributed by atoms with Crippen LogP contribution in [0.2, 0.25) is 5.02 Å². The van der Waals surface area contributed by atoms with E-state index in [4.69, 9.17) is 11.6 Å². The van der Waals surface area contributed by atoms with Gasteiger partial charge in [-0.15, -0.1) is 10.2 Å². The summed E-state index contributed by atoms with van der Waals surface area (Å²) in [5, 5.41) is 23.0. The van der Waals surface area contributed by atoms with Crippen LogP contribution in [0.25, 0.3) is 11.4 Å². The normalized spacial score (nSPS) is 10.7. The number of halogens is 2. The van der Waals surface area contributed by atoms with E-state index in [-0.39, 0.29) is 17.3 Å².